The average Bonchev–Trinajstić information content (AvgIpc) is 2.60. The number of nitro groups is 1. The molecule has 0 fully saturated rings. The van der Waals surface area contributed by atoms with E-state index in [1.165, 1.54) is 18.2 Å². The van der Waals surface area contributed by atoms with Crippen molar-refractivity contribution < 1.29 is 19.6 Å². The summed E-state index contributed by atoms with van der Waals surface area (Å²) in [5.74, 6) is -1.80. The molecule has 27 heavy (non-hydrogen) atoms. The van der Waals surface area contributed by atoms with Crippen molar-refractivity contribution in [3.8, 4) is 0 Å². The summed E-state index contributed by atoms with van der Waals surface area (Å²) in [7, 11) is 0. The Hall–Kier alpha value is -3.22. The fourth-order valence-electron chi connectivity index (χ4n) is 2.64. The van der Waals surface area contributed by atoms with E-state index in [9.17, 15) is 24.8 Å². The maximum absolute atomic E-state index is 12.4. The Morgan fingerprint density at radius 2 is 1.70 bits per heavy atom. The standard InChI is InChI=1S/C20H22N2O5/c1-20(2,3)15-10-8-13(9-11-15)18(23)21-16(19(24)25)12-14-6-4-5-7-17(14)22(26)27/h4-11,16H,12H2,1-3H3,(H,21,23)(H,24,25)/t16-/m1/s1. The van der Waals surface area contributed by atoms with Crippen molar-refractivity contribution in [2.75, 3.05) is 0 Å². The Bertz CT molecular complexity index is 853. The lowest BCUT2D eigenvalue weighted by molar-refractivity contribution is -0.385. The van der Waals surface area contributed by atoms with Crippen LogP contribution in [-0.4, -0.2) is 27.9 Å². The van der Waals surface area contributed by atoms with Crippen LogP contribution in [0.4, 0.5) is 5.69 Å². The molecular formula is C20H22N2O5. The van der Waals surface area contributed by atoms with Crippen LogP contribution in [-0.2, 0) is 16.6 Å². The Kier molecular flexibility index (Phi) is 5.95. The van der Waals surface area contributed by atoms with Crippen molar-refractivity contribution >= 4 is 17.6 Å². The molecular weight excluding hydrogens is 348 g/mol. The lowest BCUT2D eigenvalue weighted by Gasteiger charge is -2.19. The minimum Gasteiger partial charge on any atom is -0.480 e. The van der Waals surface area contributed by atoms with E-state index in [0.717, 1.165) is 5.56 Å². The van der Waals surface area contributed by atoms with Crippen LogP contribution in [0.15, 0.2) is 48.5 Å². The summed E-state index contributed by atoms with van der Waals surface area (Å²) in [6.07, 6.45) is -0.182. The zero-order valence-corrected chi connectivity index (χ0v) is 15.4. The number of benzene rings is 2. The van der Waals surface area contributed by atoms with Crippen LogP contribution in [0.2, 0.25) is 0 Å². The van der Waals surface area contributed by atoms with Gasteiger partial charge in [0.1, 0.15) is 6.04 Å². The summed E-state index contributed by atoms with van der Waals surface area (Å²) in [6.45, 7) is 6.15. The van der Waals surface area contributed by atoms with E-state index in [4.69, 9.17) is 0 Å². The molecule has 0 unspecified atom stereocenters. The van der Waals surface area contributed by atoms with Crippen LogP contribution in [0, 0.1) is 10.1 Å². The zero-order valence-electron chi connectivity index (χ0n) is 15.4. The minimum absolute atomic E-state index is 0.0646. The van der Waals surface area contributed by atoms with E-state index < -0.39 is 22.8 Å². The quantitative estimate of drug-likeness (QED) is 0.599. The van der Waals surface area contributed by atoms with Crippen molar-refractivity contribution in [2.24, 2.45) is 0 Å². The molecule has 0 radical (unpaired) electrons. The van der Waals surface area contributed by atoms with E-state index >= 15 is 0 Å². The summed E-state index contributed by atoms with van der Waals surface area (Å²) in [5.41, 5.74) is 1.39. The number of nitrogens with zero attached hydrogens (tertiary/aromatic N) is 1. The summed E-state index contributed by atoms with van der Waals surface area (Å²) in [4.78, 5) is 34.5. The smallest absolute Gasteiger partial charge is 0.326 e. The van der Waals surface area contributed by atoms with Gasteiger partial charge in [0.05, 0.1) is 4.92 Å². The number of nitro benzene ring substituents is 1. The Morgan fingerprint density at radius 3 is 2.22 bits per heavy atom. The first-order valence-corrected chi connectivity index (χ1v) is 8.46. The number of carbonyl (C=O) groups excluding carboxylic acids is 1. The zero-order chi connectivity index (χ0) is 20.2. The molecule has 0 saturated heterocycles. The average molecular weight is 370 g/mol. The summed E-state index contributed by atoms with van der Waals surface area (Å²) in [6, 6.07) is 11.5. The maximum Gasteiger partial charge on any atom is 0.326 e. The third-order valence-corrected chi connectivity index (χ3v) is 4.23. The molecule has 7 nitrogen and oxygen atoms in total. The second-order valence-corrected chi connectivity index (χ2v) is 7.28. The summed E-state index contributed by atoms with van der Waals surface area (Å²) in [5, 5.41) is 23.0. The molecule has 0 aliphatic carbocycles. The van der Waals surface area contributed by atoms with Gasteiger partial charge in [-0.25, -0.2) is 4.79 Å². The molecule has 0 bridgehead atoms. The van der Waals surface area contributed by atoms with Crippen LogP contribution in [0.25, 0.3) is 0 Å². The first kappa shape index (κ1) is 20.1. The normalized spacial score (nSPS) is 12.3. The first-order valence-electron chi connectivity index (χ1n) is 8.46. The largest absolute Gasteiger partial charge is 0.480 e. The first-order chi connectivity index (χ1) is 12.6. The molecule has 0 saturated carbocycles. The van der Waals surface area contributed by atoms with Gasteiger partial charge in [-0.3, -0.25) is 14.9 Å². The van der Waals surface area contributed by atoms with E-state index in [0.29, 0.717) is 5.56 Å². The molecule has 1 atom stereocenters. The molecule has 0 heterocycles. The fraction of sp³-hybridized carbons (Fsp3) is 0.300. The van der Waals surface area contributed by atoms with Crippen molar-refractivity contribution in [3.05, 3.63) is 75.3 Å². The molecule has 0 aromatic heterocycles. The number of carboxylic acid groups (broad SMARTS) is 1. The number of rotatable bonds is 6. The highest BCUT2D eigenvalue weighted by Crippen LogP contribution is 2.22. The van der Waals surface area contributed by atoms with Crippen LogP contribution in [0.5, 0.6) is 0 Å². The van der Waals surface area contributed by atoms with Crippen molar-refractivity contribution in [2.45, 2.75) is 38.6 Å². The van der Waals surface area contributed by atoms with Gasteiger partial charge in [-0.2, -0.15) is 0 Å². The molecule has 2 N–H and O–H groups in total. The van der Waals surface area contributed by atoms with E-state index in [2.05, 4.69) is 26.1 Å². The predicted molar refractivity (Wildman–Crippen MR) is 101 cm³/mol. The molecule has 0 spiro atoms. The fourth-order valence-corrected chi connectivity index (χ4v) is 2.64. The minimum atomic E-state index is -1.28. The van der Waals surface area contributed by atoms with Crippen LogP contribution in [0.1, 0.15) is 42.3 Å². The van der Waals surface area contributed by atoms with Gasteiger partial charge in [0.15, 0.2) is 0 Å². The Balaban J connectivity index is 2.18. The van der Waals surface area contributed by atoms with Crippen LogP contribution in [0.3, 0.4) is 0 Å². The highest BCUT2D eigenvalue weighted by atomic mass is 16.6. The van der Waals surface area contributed by atoms with Gasteiger partial charge in [-0.1, -0.05) is 51.1 Å². The predicted octanol–water partition coefficient (Wildman–Crippen LogP) is 3.32. The van der Waals surface area contributed by atoms with Gasteiger partial charge in [-0.05, 0) is 23.1 Å². The lowest BCUT2D eigenvalue weighted by Crippen LogP contribution is -2.42. The molecule has 1 amide bonds. The SMILES string of the molecule is CC(C)(C)c1ccc(C(=O)N[C@H](Cc2ccccc2[N+](=O)[O-])C(=O)O)cc1. The van der Waals surface area contributed by atoms with Crippen molar-refractivity contribution in [3.63, 3.8) is 0 Å². The van der Waals surface area contributed by atoms with Crippen LogP contribution < -0.4 is 5.32 Å². The monoisotopic (exact) mass is 370 g/mol. The number of nitrogens with one attached hydrogen (secondary N) is 1. The molecule has 2 rings (SSSR count). The number of carbonyl (C=O) groups is 2. The number of amides is 1. The highest BCUT2D eigenvalue weighted by Gasteiger charge is 2.25. The molecule has 0 aliphatic rings. The number of aliphatic carboxylic acids is 1. The number of carboxylic acids is 1. The third-order valence-electron chi connectivity index (χ3n) is 4.23. The second-order valence-electron chi connectivity index (χ2n) is 7.28. The van der Waals surface area contributed by atoms with Crippen LogP contribution >= 0.6 is 0 Å². The van der Waals surface area contributed by atoms with Gasteiger partial charge < -0.3 is 10.4 Å². The van der Waals surface area contributed by atoms with Gasteiger partial charge in [0, 0.05) is 23.6 Å². The van der Waals surface area contributed by atoms with Crippen molar-refractivity contribution in [1.29, 1.82) is 0 Å². The molecule has 2 aromatic carbocycles. The lowest BCUT2D eigenvalue weighted by atomic mass is 9.86. The second kappa shape index (κ2) is 7.99. The third kappa shape index (κ3) is 5.13. The number of hydrogen-bond acceptors (Lipinski definition) is 4. The van der Waals surface area contributed by atoms with Gasteiger partial charge in [-0.15, -0.1) is 0 Å². The topological polar surface area (TPSA) is 110 Å². The van der Waals surface area contributed by atoms with E-state index in [1.807, 2.05) is 12.1 Å². The molecule has 0 aliphatic heterocycles. The summed E-state index contributed by atoms with van der Waals surface area (Å²) >= 11 is 0. The molecule has 142 valence electrons. The summed E-state index contributed by atoms with van der Waals surface area (Å²) < 4.78 is 0. The Labute approximate surface area is 157 Å². The molecule has 2 aromatic rings. The number of hydrogen-bond donors (Lipinski definition) is 2. The van der Waals surface area contributed by atoms with Gasteiger partial charge >= 0.3 is 5.97 Å². The van der Waals surface area contributed by atoms with Gasteiger partial charge in [0.25, 0.3) is 11.6 Å². The van der Waals surface area contributed by atoms with E-state index in [1.54, 1.807) is 18.2 Å². The highest BCUT2D eigenvalue weighted by molar-refractivity contribution is 5.96. The maximum atomic E-state index is 12.4. The van der Waals surface area contributed by atoms with Gasteiger partial charge in [0.2, 0.25) is 0 Å². The number of para-hydroxylation sites is 1. The van der Waals surface area contributed by atoms with E-state index in [-0.39, 0.29) is 23.1 Å². The Morgan fingerprint density at radius 1 is 1.11 bits per heavy atom. The molecule has 7 heteroatoms. The van der Waals surface area contributed by atoms with Crippen molar-refractivity contribution in [1.82, 2.24) is 5.32 Å².